The number of aliphatic hydroxyl groups excluding tert-OH is 1. The van der Waals surface area contributed by atoms with Crippen LogP contribution >= 0.6 is 0 Å². The Balaban J connectivity index is 2.40. The van der Waals surface area contributed by atoms with E-state index in [1.165, 1.54) is 5.56 Å². The highest BCUT2D eigenvalue weighted by molar-refractivity contribution is 5.30. The third-order valence-electron chi connectivity index (χ3n) is 2.27. The van der Waals surface area contributed by atoms with Crippen molar-refractivity contribution in [2.75, 3.05) is 13.6 Å². The average molecular weight is 162 g/mol. The van der Waals surface area contributed by atoms with Crippen LogP contribution in [-0.2, 0) is 6.54 Å². The Hall–Kier alpha value is -0.860. The fourth-order valence-corrected chi connectivity index (χ4v) is 1.68. The van der Waals surface area contributed by atoms with Crippen molar-refractivity contribution < 1.29 is 5.11 Å². The lowest BCUT2D eigenvalue weighted by Crippen LogP contribution is -2.30. The van der Waals surface area contributed by atoms with E-state index in [9.17, 15) is 5.11 Å². The maximum absolute atomic E-state index is 9.67. The Kier molecular flexibility index (Phi) is 1.87. The zero-order chi connectivity index (χ0) is 8.55. The predicted octanol–water partition coefficient (Wildman–Crippen LogP) is 0.966. The van der Waals surface area contributed by atoms with Crippen LogP contribution in [0.2, 0.25) is 0 Å². The van der Waals surface area contributed by atoms with Crippen molar-refractivity contribution in [3.05, 3.63) is 35.4 Å². The average Bonchev–Trinajstić information content (AvgIpc) is 2.04. The first-order chi connectivity index (χ1) is 5.77. The number of benzene rings is 1. The number of hydrogen-bond donors (Lipinski definition) is 1. The van der Waals surface area contributed by atoms with Crippen LogP contribution < -0.4 is 0 Å². The quantitative estimate of drug-likeness (QED) is 0.614. The lowest BCUT2D eigenvalue weighted by Gasteiger charge is -2.28. The van der Waals surface area contributed by atoms with Gasteiger partial charge in [-0.2, -0.15) is 0 Å². The lowest BCUT2D eigenvalue weighted by molar-refractivity contribution is 0.108. The van der Waals surface area contributed by atoms with Gasteiger partial charge in [-0.25, -0.2) is 0 Å². The Morgan fingerprint density at radius 3 is 3.33 bits per heavy atom. The molecule has 0 amide bonds. The molecule has 2 rings (SSSR count). The van der Waals surface area contributed by atoms with Gasteiger partial charge in [0.25, 0.3) is 0 Å². The fraction of sp³-hybridized carbons (Fsp3) is 0.400. The summed E-state index contributed by atoms with van der Waals surface area (Å²) < 4.78 is 0. The van der Waals surface area contributed by atoms with Crippen molar-refractivity contribution in [1.29, 1.82) is 0 Å². The second kappa shape index (κ2) is 2.88. The highest BCUT2D eigenvalue weighted by Crippen LogP contribution is 2.24. The van der Waals surface area contributed by atoms with Crippen LogP contribution in [0.3, 0.4) is 0 Å². The van der Waals surface area contributed by atoms with Crippen molar-refractivity contribution in [1.82, 2.24) is 4.90 Å². The molecule has 1 radical (unpaired) electrons. The van der Waals surface area contributed by atoms with Gasteiger partial charge in [-0.15, -0.1) is 0 Å². The van der Waals surface area contributed by atoms with E-state index in [-0.39, 0.29) is 6.10 Å². The molecule has 1 unspecified atom stereocenters. The normalized spacial score (nSPS) is 23.7. The Labute approximate surface area is 72.4 Å². The highest BCUT2D eigenvalue weighted by atomic mass is 16.3. The Morgan fingerprint density at radius 1 is 1.67 bits per heavy atom. The topological polar surface area (TPSA) is 23.5 Å². The second-order valence-corrected chi connectivity index (χ2v) is 3.34. The van der Waals surface area contributed by atoms with Crippen LogP contribution in [0.4, 0.5) is 0 Å². The first-order valence-electron chi connectivity index (χ1n) is 4.13. The third kappa shape index (κ3) is 1.24. The molecule has 1 aliphatic rings. The van der Waals surface area contributed by atoms with E-state index in [1.54, 1.807) is 0 Å². The Bertz CT molecular complexity index is 285. The molecule has 12 heavy (non-hydrogen) atoms. The maximum Gasteiger partial charge on any atom is 0.0920 e. The number of fused-ring (bicyclic) bond motifs is 1. The zero-order valence-electron chi connectivity index (χ0n) is 7.12. The van der Waals surface area contributed by atoms with Gasteiger partial charge in [0.05, 0.1) is 6.10 Å². The van der Waals surface area contributed by atoms with Crippen molar-refractivity contribution >= 4 is 0 Å². The molecule has 63 valence electrons. The molecule has 1 N–H and O–H groups in total. The molecular formula is C10H12NO. The van der Waals surface area contributed by atoms with E-state index < -0.39 is 0 Å². The van der Waals surface area contributed by atoms with Crippen LogP contribution in [0.25, 0.3) is 0 Å². The summed E-state index contributed by atoms with van der Waals surface area (Å²) in [5.74, 6) is 0. The van der Waals surface area contributed by atoms with E-state index in [2.05, 4.69) is 11.0 Å². The smallest absolute Gasteiger partial charge is 0.0920 e. The van der Waals surface area contributed by atoms with Gasteiger partial charge in [-0.05, 0) is 30.3 Å². The molecule has 0 bridgehead atoms. The van der Waals surface area contributed by atoms with Crippen LogP contribution in [0.5, 0.6) is 0 Å². The van der Waals surface area contributed by atoms with E-state index in [4.69, 9.17) is 0 Å². The lowest BCUT2D eigenvalue weighted by atomic mass is 9.98. The first kappa shape index (κ1) is 7.77. The monoisotopic (exact) mass is 162 g/mol. The molecule has 0 saturated heterocycles. The number of rotatable bonds is 0. The van der Waals surface area contributed by atoms with Gasteiger partial charge in [0.2, 0.25) is 0 Å². The largest absolute Gasteiger partial charge is 0.387 e. The molecule has 0 fully saturated rings. The molecule has 2 nitrogen and oxygen atoms in total. The van der Waals surface area contributed by atoms with Crippen LogP contribution in [0.1, 0.15) is 17.2 Å². The molecule has 1 heterocycles. The Morgan fingerprint density at radius 2 is 2.50 bits per heavy atom. The summed E-state index contributed by atoms with van der Waals surface area (Å²) >= 11 is 0. The maximum atomic E-state index is 9.67. The molecule has 1 atom stereocenters. The molecular weight excluding hydrogens is 150 g/mol. The van der Waals surface area contributed by atoms with Crippen molar-refractivity contribution in [3.8, 4) is 0 Å². The number of likely N-dealkylation sites (N-methyl/N-ethyl adjacent to an activating group) is 1. The molecule has 1 aromatic rings. The van der Waals surface area contributed by atoms with Crippen molar-refractivity contribution in [3.63, 3.8) is 0 Å². The van der Waals surface area contributed by atoms with E-state index in [0.29, 0.717) is 0 Å². The third-order valence-corrected chi connectivity index (χ3v) is 2.27. The van der Waals surface area contributed by atoms with Gasteiger partial charge in [0.1, 0.15) is 0 Å². The molecule has 0 spiro atoms. The first-order valence-corrected chi connectivity index (χ1v) is 4.13. The zero-order valence-corrected chi connectivity index (χ0v) is 7.12. The van der Waals surface area contributed by atoms with Crippen molar-refractivity contribution in [2.45, 2.75) is 12.6 Å². The summed E-state index contributed by atoms with van der Waals surface area (Å²) in [5.41, 5.74) is 2.26. The summed E-state index contributed by atoms with van der Waals surface area (Å²) in [6.07, 6.45) is -0.337. The fourth-order valence-electron chi connectivity index (χ4n) is 1.68. The molecule has 0 aliphatic carbocycles. The minimum absolute atomic E-state index is 0.337. The number of hydrogen-bond acceptors (Lipinski definition) is 2. The number of nitrogens with zero attached hydrogens (tertiary/aromatic N) is 1. The van der Waals surface area contributed by atoms with Crippen LogP contribution in [0.15, 0.2) is 18.2 Å². The minimum atomic E-state index is -0.337. The SMILES string of the molecule is CN1Cc2cc[c]cc2C(O)C1. The van der Waals surface area contributed by atoms with Gasteiger partial charge >= 0.3 is 0 Å². The summed E-state index contributed by atoms with van der Waals surface area (Å²) in [7, 11) is 2.02. The van der Waals surface area contributed by atoms with E-state index in [0.717, 1.165) is 18.7 Å². The molecule has 1 aliphatic heterocycles. The van der Waals surface area contributed by atoms with Gasteiger partial charge in [0.15, 0.2) is 0 Å². The summed E-state index contributed by atoms with van der Waals surface area (Å²) in [4.78, 5) is 2.12. The molecule has 1 aromatic carbocycles. The number of β-amino-alcohol motifs (C(OH)–C–C–N with tert-alkyl or cyclic N) is 1. The molecule has 2 heteroatoms. The highest BCUT2D eigenvalue weighted by Gasteiger charge is 2.19. The van der Waals surface area contributed by atoms with Crippen LogP contribution in [-0.4, -0.2) is 23.6 Å². The van der Waals surface area contributed by atoms with Gasteiger partial charge < -0.3 is 5.11 Å². The van der Waals surface area contributed by atoms with Crippen LogP contribution in [0, 0.1) is 6.07 Å². The second-order valence-electron chi connectivity index (χ2n) is 3.34. The van der Waals surface area contributed by atoms with E-state index >= 15 is 0 Å². The predicted molar refractivity (Wildman–Crippen MR) is 46.6 cm³/mol. The minimum Gasteiger partial charge on any atom is -0.387 e. The molecule has 0 saturated carbocycles. The standard InChI is InChI=1S/C10H12NO/c1-11-6-8-4-2-3-5-9(8)10(12)7-11/h2,4-5,10,12H,6-7H2,1H3. The van der Waals surface area contributed by atoms with Gasteiger partial charge in [-0.3, -0.25) is 4.90 Å². The van der Waals surface area contributed by atoms with Gasteiger partial charge in [0, 0.05) is 13.1 Å². The number of aliphatic hydroxyl groups is 1. The summed E-state index contributed by atoms with van der Waals surface area (Å²) in [5, 5.41) is 9.67. The van der Waals surface area contributed by atoms with Gasteiger partial charge in [-0.1, -0.05) is 12.1 Å². The summed E-state index contributed by atoms with van der Waals surface area (Å²) in [6.45, 7) is 1.66. The van der Waals surface area contributed by atoms with Crippen molar-refractivity contribution in [2.24, 2.45) is 0 Å². The summed E-state index contributed by atoms with van der Waals surface area (Å²) in [6, 6.07) is 8.78. The molecule has 0 aromatic heterocycles. The van der Waals surface area contributed by atoms with E-state index in [1.807, 2.05) is 25.2 Å².